The maximum atomic E-state index is 5.93. The Balaban J connectivity index is 1.98. The number of benzene rings is 1. The van der Waals surface area contributed by atoms with Crippen LogP contribution < -0.4 is 11.3 Å². The molecule has 0 heterocycles. The quantitative estimate of drug-likeness (QED) is 0.651. The van der Waals surface area contributed by atoms with Crippen LogP contribution in [-0.2, 0) is 6.42 Å². The van der Waals surface area contributed by atoms with Crippen molar-refractivity contribution in [2.75, 3.05) is 0 Å². The van der Waals surface area contributed by atoms with E-state index in [1.54, 1.807) is 0 Å². The molecule has 0 spiro atoms. The Morgan fingerprint density at radius 2 is 1.89 bits per heavy atom. The summed E-state index contributed by atoms with van der Waals surface area (Å²) in [5.74, 6) is 8.13. The zero-order valence-corrected chi connectivity index (χ0v) is 12.7. The lowest BCUT2D eigenvalue weighted by molar-refractivity contribution is 0.170. The molecule has 0 saturated heterocycles. The first-order valence-electron chi connectivity index (χ1n) is 7.30. The molecule has 0 aliphatic heterocycles. The van der Waals surface area contributed by atoms with Gasteiger partial charge in [-0.2, -0.15) is 0 Å². The van der Waals surface area contributed by atoms with Crippen LogP contribution in [-0.4, -0.2) is 6.04 Å². The molecule has 0 bridgehead atoms. The van der Waals surface area contributed by atoms with Gasteiger partial charge < -0.3 is 0 Å². The Hall–Kier alpha value is -0.570. The van der Waals surface area contributed by atoms with Crippen LogP contribution in [0.5, 0.6) is 0 Å². The van der Waals surface area contributed by atoms with Crippen molar-refractivity contribution in [2.24, 2.45) is 23.6 Å². The third kappa shape index (κ3) is 3.95. The van der Waals surface area contributed by atoms with E-state index >= 15 is 0 Å². The normalized spacial score (nSPS) is 29.2. The molecule has 3 N–H and O–H groups in total. The summed E-state index contributed by atoms with van der Waals surface area (Å²) in [6.45, 7) is 4.73. The van der Waals surface area contributed by atoms with Crippen LogP contribution in [0.15, 0.2) is 24.3 Å². The van der Waals surface area contributed by atoms with Crippen molar-refractivity contribution in [3.05, 3.63) is 34.9 Å². The summed E-state index contributed by atoms with van der Waals surface area (Å²) in [4.78, 5) is 0. The van der Waals surface area contributed by atoms with E-state index in [-0.39, 0.29) is 0 Å². The molecule has 2 rings (SSSR count). The van der Waals surface area contributed by atoms with Crippen LogP contribution in [0.2, 0.25) is 5.02 Å². The molecule has 1 saturated carbocycles. The summed E-state index contributed by atoms with van der Waals surface area (Å²) in [6, 6.07) is 8.48. The molecule has 1 fully saturated rings. The first-order valence-corrected chi connectivity index (χ1v) is 7.68. The molecule has 1 aliphatic rings. The van der Waals surface area contributed by atoms with Gasteiger partial charge in [-0.15, -0.1) is 0 Å². The lowest BCUT2D eigenvalue weighted by Crippen LogP contribution is -2.44. The molecular weight excluding hydrogens is 256 g/mol. The lowest BCUT2D eigenvalue weighted by Gasteiger charge is -2.36. The van der Waals surface area contributed by atoms with Crippen molar-refractivity contribution in [2.45, 2.75) is 45.6 Å². The molecule has 106 valence electrons. The number of halogens is 1. The zero-order chi connectivity index (χ0) is 13.8. The topological polar surface area (TPSA) is 38.0 Å². The molecule has 0 amide bonds. The second-order valence-corrected chi connectivity index (χ2v) is 6.57. The monoisotopic (exact) mass is 280 g/mol. The number of hydrazine groups is 1. The van der Waals surface area contributed by atoms with E-state index in [2.05, 4.69) is 31.4 Å². The average molecular weight is 281 g/mol. The third-order valence-electron chi connectivity index (χ3n) is 4.79. The predicted molar refractivity (Wildman–Crippen MR) is 81.9 cm³/mol. The molecular formula is C16H25ClN2. The minimum Gasteiger partial charge on any atom is -0.271 e. The Labute approximate surface area is 121 Å². The fourth-order valence-corrected chi connectivity index (χ4v) is 3.32. The van der Waals surface area contributed by atoms with Crippen LogP contribution in [0.1, 0.15) is 38.7 Å². The van der Waals surface area contributed by atoms with Gasteiger partial charge in [-0.05, 0) is 54.7 Å². The van der Waals surface area contributed by atoms with Crippen molar-refractivity contribution >= 4 is 11.6 Å². The summed E-state index contributed by atoms with van der Waals surface area (Å²) in [7, 11) is 0. The van der Waals surface area contributed by atoms with Gasteiger partial charge in [0, 0.05) is 11.1 Å². The van der Waals surface area contributed by atoms with E-state index < -0.39 is 0 Å². The maximum Gasteiger partial charge on any atom is 0.0406 e. The highest BCUT2D eigenvalue weighted by molar-refractivity contribution is 6.30. The zero-order valence-electron chi connectivity index (χ0n) is 11.9. The van der Waals surface area contributed by atoms with Gasteiger partial charge in [-0.25, -0.2) is 0 Å². The van der Waals surface area contributed by atoms with Crippen molar-refractivity contribution in [1.29, 1.82) is 0 Å². The fraction of sp³-hybridized carbons (Fsp3) is 0.625. The second-order valence-electron chi connectivity index (χ2n) is 6.13. The van der Waals surface area contributed by atoms with Gasteiger partial charge in [0.25, 0.3) is 0 Å². The van der Waals surface area contributed by atoms with E-state index in [4.69, 9.17) is 17.4 Å². The average Bonchev–Trinajstić information content (AvgIpc) is 2.41. The van der Waals surface area contributed by atoms with Crippen molar-refractivity contribution in [3.8, 4) is 0 Å². The number of nitrogens with two attached hydrogens (primary N) is 1. The molecule has 1 aliphatic carbocycles. The third-order valence-corrected chi connectivity index (χ3v) is 5.04. The van der Waals surface area contributed by atoms with Gasteiger partial charge in [0.15, 0.2) is 0 Å². The van der Waals surface area contributed by atoms with Crippen molar-refractivity contribution < 1.29 is 0 Å². The Kier molecular flexibility index (Phi) is 5.26. The van der Waals surface area contributed by atoms with Crippen LogP contribution in [0, 0.1) is 17.8 Å². The Morgan fingerprint density at radius 3 is 2.47 bits per heavy atom. The maximum absolute atomic E-state index is 5.93. The van der Waals surface area contributed by atoms with Crippen LogP contribution in [0.3, 0.4) is 0 Å². The fourth-order valence-electron chi connectivity index (χ4n) is 3.19. The van der Waals surface area contributed by atoms with Gasteiger partial charge in [0.05, 0.1) is 0 Å². The molecule has 19 heavy (non-hydrogen) atoms. The molecule has 0 aromatic heterocycles. The minimum absolute atomic E-state index is 0.371. The predicted octanol–water partition coefficient (Wildman–Crippen LogP) is 3.79. The molecule has 2 nitrogen and oxygen atoms in total. The first-order chi connectivity index (χ1) is 9.10. The van der Waals surface area contributed by atoms with Gasteiger partial charge in [-0.3, -0.25) is 11.3 Å². The summed E-state index contributed by atoms with van der Waals surface area (Å²) >= 11 is 5.93. The smallest absolute Gasteiger partial charge is 0.0406 e. The number of hydrogen-bond acceptors (Lipinski definition) is 2. The second kappa shape index (κ2) is 6.74. The van der Waals surface area contributed by atoms with E-state index in [9.17, 15) is 0 Å². The SMILES string of the molecule is CC1CCC(C(Cc2ccc(Cl)cc2)NN)CC1C. The molecule has 0 radical (unpaired) electrons. The summed E-state index contributed by atoms with van der Waals surface area (Å²) in [5, 5.41) is 0.793. The van der Waals surface area contributed by atoms with E-state index in [1.807, 2.05) is 12.1 Å². The number of rotatable bonds is 4. The van der Waals surface area contributed by atoms with Crippen LogP contribution in [0.4, 0.5) is 0 Å². The molecule has 1 aromatic carbocycles. The van der Waals surface area contributed by atoms with Crippen molar-refractivity contribution in [1.82, 2.24) is 5.43 Å². The van der Waals surface area contributed by atoms with Gasteiger partial charge >= 0.3 is 0 Å². The summed E-state index contributed by atoms with van der Waals surface area (Å²) < 4.78 is 0. The molecule has 1 aromatic rings. The standard InChI is InChI=1S/C16H25ClN2/c1-11-3-6-14(9-12(11)2)16(19-18)10-13-4-7-15(17)8-5-13/h4-5,7-8,11-12,14,16,19H,3,6,9-10,18H2,1-2H3. The summed E-state index contributed by atoms with van der Waals surface area (Å²) in [5.41, 5.74) is 4.34. The van der Waals surface area contributed by atoms with Gasteiger partial charge in [-0.1, -0.05) is 44.0 Å². The number of nitrogens with one attached hydrogen (secondary N) is 1. The Morgan fingerprint density at radius 1 is 1.21 bits per heavy atom. The minimum atomic E-state index is 0.371. The van der Waals surface area contributed by atoms with E-state index in [0.717, 1.165) is 23.3 Å². The highest BCUT2D eigenvalue weighted by Gasteiger charge is 2.29. The van der Waals surface area contributed by atoms with E-state index in [0.29, 0.717) is 12.0 Å². The lowest BCUT2D eigenvalue weighted by atomic mass is 9.72. The molecule has 4 atom stereocenters. The van der Waals surface area contributed by atoms with E-state index in [1.165, 1.54) is 24.8 Å². The van der Waals surface area contributed by atoms with Gasteiger partial charge in [0.1, 0.15) is 0 Å². The highest BCUT2D eigenvalue weighted by Crippen LogP contribution is 2.35. The highest BCUT2D eigenvalue weighted by atomic mass is 35.5. The van der Waals surface area contributed by atoms with Gasteiger partial charge in [0.2, 0.25) is 0 Å². The largest absolute Gasteiger partial charge is 0.271 e. The molecule has 4 unspecified atom stereocenters. The molecule has 3 heteroatoms. The number of hydrogen-bond donors (Lipinski definition) is 2. The first kappa shape index (κ1) is 14.8. The van der Waals surface area contributed by atoms with Crippen LogP contribution in [0.25, 0.3) is 0 Å². The van der Waals surface area contributed by atoms with Crippen LogP contribution >= 0.6 is 11.6 Å². The summed E-state index contributed by atoms with van der Waals surface area (Å²) in [6.07, 6.45) is 4.88. The Bertz CT molecular complexity index is 390. The van der Waals surface area contributed by atoms with Crippen molar-refractivity contribution in [3.63, 3.8) is 0 Å².